The number of piperidine rings is 1. The fourth-order valence-corrected chi connectivity index (χ4v) is 6.22. The Morgan fingerprint density at radius 2 is 1.82 bits per heavy atom. The van der Waals surface area contributed by atoms with E-state index < -0.39 is 10.0 Å². The van der Waals surface area contributed by atoms with Crippen molar-refractivity contribution in [3.8, 4) is 5.75 Å². The minimum atomic E-state index is -3.67. The molecule has 0 saturated carbocycles. The molecule has 1 N–H and O–H groups in total. The van der Waals surface area contributed by atoms with E-state index >= 15 is 0 Å². The number of ether oxygens (including phenoxy) is 1. The third kappa shape index (κ3) is 4.60. The maximum absolute atomic E-state index is 13.3. The normalized spacial score (nSPS) is 19.2. The van der Waals surface area contributed by atoms with Crippen LogP contribution >= 0.6 is 0 Å². The van der Waals surface area contributed by atoms with Gasteiger partial charge in [-0.3, -0.25) is 9.59 Å². The first-order chi connectivity index (χ1) is 15.7. The second-order valence-electron chi connectivity index (χ2n) is 8.63. The van der Waals surface area contributed by atoms with Crippen LogP contribution in [0.3, 0.4) is 0 Å². The van der Waals surface area contributed by atoms with Gasteiger partial charge < -0.3 is 15.0 Å². The number of carbonyl (C=O) groups excluding carboxylic acids is 2. The lowest BCUT2D eigenvalue weighted by Crippen LogP contribution is -2.41. The van der Waals surface area contributed by atoms with Gasteiger partial charge in [-0.1, -0.05) is 6.07 Å². The summed E-state index contributed by atoms with van der Waals surface area (Å²) >= 11 is 0. The zero-order chi connectivity index (χ0) is 23.8. The summed E-state index contributed by atoms with van der Waals surface area (Å²) in [6, 6.07) is 12.1. The number of rotatable bonds is 5. The molecule has 176 valence electrons. The fraction of sp³-hybridized carbons (Fsp3) is 0.417. The third-order valence-corrected chi connectivity index (χ3v) is 8.30. The highest BCUT2D eigenvalue weighted by Gasteiger charge is 2.34. The molecule has 4 rings (SSSR count). The average molecular weight is 472 g/mol. The number of carbonyl (C=O) groups is 2. The topological polar surface area (TPSA) is 96.0 Å². The molecule has 8 nitrogen and oxygen atoms in total. The Balaban J connectivity index is 1.42. The van der Waals surface area contributed by atoms with Crippen molar-refractivity contribution in [2.75, 3.05) is 30.4 Å². The summed E-state index contributed by atoms with van der Waals surface area (Å²) in [6.45, 7) is 4.04. The SMILES string of the molecule is COc1cccc(NC(=O)C2CCN(S(=O)(=O)c3ccc4c(c3)C[C@@H](C)N4C(C)=O)CC2)c1. The number of nitrogens with zero attached hydrogens (tertiary/aromatic N) is 2. The van der Waals surface area contributed by atoms with Gasteiger partial charge in [-0.25, -0.2) is 8.42 Å². The molecule has 0 bridgehead atoms. The van der Waals surface area contributed by atoms with Crippen molar-refractivity contribution in [2.45, 2.75) is 44.0 Å². The van der Waals surface area contributed by atoms with Gasteiger partial charge in [0.05, 0.1) is 12.0 Å². The molecular weight excluding hydrogens is 442 g/mol. The Hall–Kier alpha value is -2.91. The van der Waals surface area contributed by atoms with Gasteiger partial charge in [0.25, 0.3) is 0 Å². The predicted octanol–water partition coefficient (Wildman–Crippen LogP) is 3.03. The van der Waals surface area contributed by atoms with Crippen molar-refractivity contribution in [2.24, 2.45) is 5.92 Å². The molecule has 2 heterocycles. The van der Waals surface area contributed by atoms with E-state index in [-0.39, 0.29) is 41.8 Å². The molecule has 0 spiro atoms. The summed E-state index contributed by atoms with van der Waals surface area (Å²) in [6.07, 6.45) is 1.54. The first kappa shape index (κ1) is 23.3. The molecule has 0 aliphatic carbocycles. The number of methoxy groups -OCH3 is 1. The van der Waals surface area contributed by atoms with Gasteiger partial charge in [-0.2, -0.15) is 4.31 Å². The third-order valence-electron chi connectivity index (χ3n) is 6.41. The number of anilines is 2. The molecule has 0 radical (unpaired) electrons. The van der Waals surface area contributed by atoms with E-state index in [2.05, 4.69) is 5.32 Å². The lowest BCUT2D eigenvalue weighted by atomic mass is 9.97. The zero-order valence-corrected chi connectivity index (χ0v) is 19.9. The second-order valence-corrected chi connectivity index (χ2v) is 10.6. The van der Waals surface area contributed by atoms with Crippen LogP contribution in [-0.2, 0) is 26.0 Å². The fourth-order valence-electron chi connectivity index (χ4n) is 4.70. The standard InChI is InChI=1S/C24H29N3O5S/c1-16-13-19-14-22(7-8-23(19)27(16)17(2)28)33(30,31)26-11-9-18(10-12-26)24(29)25-20-5-4-6-21(15-20)32-3/h4-8,14-16,18H,9-13H2,1-3H3,(H,25,29)/t16-/m1/s1. The minimum absolute atomic E-state index is 0.00861. The van der Waals surface area contributed by atoms with Gasteiger partial charge in [-0.15, -0.1) is 0 Å². The minimum Gasteiger partial charge on any atom is -0.497 e. The van der Waals surface area contributed by atoms with Crippen LogP contribution in [0.5, 0.6) is 5.75 Å². The van der Waals surface area contributed by atoms with Crippen molar-refractivity contribution >= 4 is 33.2 Å². The summed E-state index contributed by atoms with van der Waals surface area (Å²) in [5.41, 5.74) is 2.30. The molecule has 1 fully saturated rings. The van der Waals surface area contributed by atoms with Gasteiger partial charge in [0, 0.05) is 49.4 Å². The van der Waals surface area contributed by atoms with Crippen LogP contribution in [0.25, 0.3) is 0 Å². The largest absolute Gasteiger partial charge is 0.497 e. The maximum atomic E-state index is 13.3. The van der Waals surface area contributed by atoms with E-state index in [0.29, 0.717) is 30.7 Å². The highest BCUT2D eigenvalue weighted by atomic mass is 32.2. The molecule has 2 aliphatic heterocycles. The van der Waals surface area contributed by atoms with E-state index in [1.165, 1.54) is 11.2 Å². The quantitative estimate of drug-likeness (QED) is 0.723. The summed E-state index contributed by atoms with van der Waals surface area (Å²) in [7, 11) is -2.11. The smallest absolute Gasteiger partial charge is 0.243 e. The second kappa shape index (κ2) is 9.15. The Bertz CT molecular complexity index is 1170. The van der Waals surface area contributed by atoms with Crippen LogP contribution in [0.15, 0.2) is 47.4 Å². The van der Waals surface area contributed by atoms with Crippen molar-refractivity contribution in [1.82, 2.24) is 4.31 Å². The van der Waals surface area contributed by atoms with Gasteiger partial charge in [0.15, 0.2) is 0 Å². The first-order valence-electron chi connectivity index (χ1n) is 11.1. The Morgan fingerprint density at radius 3 is 2.48 bits per heavy atom. The van der Waals surface area contributed by atoms with Crippen molar-refractivity contribution in [1.29, 1.82) is 0 Å². The summed E-state index contributed by atoms with van der Waals surface area (Å²) in [4.78, 5) is 26.6. The lowest BCUT2D eigenvalue weighted by molar-refractivity contribution is -0.121. The van der Waals surface area contributed by atoms with E-state index in [0.717, 1.165) is 11.3 Å². The molecule has 2 aromatic carbocycles. The predicted molar refractivity (Wildman–Crippen MR) is 126 cm³/mol. The van der Waals surface area contributed by atoms with Crippen molar-refractivity contribution in [3.05, 3.63) is 48.0 Å². The summed E-state index contributed by atoms with van der Waals surface area (Å²) < 4.78 is 33.1. The lowest BCUT2D eigenvalue weighted by Gasteiger charge is -2.30. The average Bonchev–Trinajstić information content (AvgIpc) is 3.14. The molecule has 1 atom stereocenters. The van der Waals surface area contributed by atoms with E-state index in [1.54, 1.807) is 54.5 Å². The summed E-state index contributed by atoms with van der Waals surface area (Å²) in [5, 5.41) is 2.90. The number of benzene rings is 2. The molecule has 2 aliphatic rings. The molecule has 9 heteroatoms. The van der Waals surface area contributed by atoms with Crippen LogP contribution in [-0.4, -0.2) is 50.8 Å². The van der Waals surface area contributed by atoms with E-state index in [9.17, 15) is 18.0 Å². The maximum Gasteiger partial charge on any atom is 0.243 e. The van der Waals surface area contributed by atoms with Crippen LogP contribution in [0.1, 0.15) is 32.3 Å². The van der Waals surface area contributed by atoms with Gasteiger partial charge in [0.1, 0.15) is 5.75 Å². The Labute approximate surface area is 194 Å². The zero-order valence-electron chi connectivity index (χ0n) is 19.1. The van der Waals surface area contributed by atoms with Crippen LogP contribution < -0.4 is 15.0 Å². The number of hydrogen-bond donors (Lipinski definition) is 1. The monoisotopic (exact) mass is 471 g/mol. The van der Waals surface area contributed by atoms with E-state index in [4.69, 9.17) is 4.74 Å². The van der Waals surface area contributed by atoms with Crippen LogP contribution in [0.4, 0.5) is 11.4 Å². The van der Waals surface area contributed by atoms with Crippen molar-refractivity contribution in [3.63, 3.8) is 0 Å². The van der Waals surface area contributed by atoms with Crippen molar-refractivity contribution < 1.29 is 22.7 Å². The molecule has 0 aromatic heterocycles. The first-order valence-corrected chi connectivity index (χ1v) is 12.5. The molecule has 2 aromatic rings. The van der Waals surface area contributed by atoms with Gasteiger partial charge >= 0.3 is 0 Å². The van der Waals surface area contributed by atoms with Gasteiger partial charge in [0.2, 0.25) is 21.8 Å². The number of sulfonamides is 1. The molecule has 2 amide bonds. The summed E-state index contributed by atoms with van der Waals surface area (Å²) in [5.74, 6) is 0.235. The number of nitrogens with one attached hydrogen (secondary N) is 1. The Morgan fingerprint density at radius 1 is 1.09 bits per heavy atom. The van der Waals surface area contributed by atoms with Crippen LogP contribution in [0, 0.1) is 5.92 Å². The molecule has 33 heavy (non-hydrogen) atoms. The highest BCUT2D eigenvalue weighted by Crippen LogP contribution is 2.35. The van der Waals surface area contributed by atoms with E-state index in [1.807, 2.05) is 6.92 Å². The highest BCUT2D eigenvalue weighted by molar-refractivity contribution is 7.89. The Kier molecular flexibility index (Phi) is 6.45. The molecule has 0 unspecified atom stereocenters. The number of amides is 2. The number of fused-ring (bicyclic) bond motifs is 1. The van der Waals surface area contributed by atoms with Gasteiger partial charge in [-0.05, 0) is 62.1 Å². The number of hydrogen-bond acceptors (Lipinski definition) is 5. The molecule has 1 saturated heterocycles. The van der Waals surface area contributed by atoms with Crippen LogP contribution in [0.2, 0.25) is 0 Å². The molecular formula is C24H29N3O5S.